The lowest BCUT2D eigenvalue weighted by atomic mass is 10.1. The number of aromatic nitrogens is 2. The van der Waals surface area contributed by atoms with E-state index >= 15 is 0 Å². The molecule has 0 saturated heterocycles. The van der Waals surface area contributed by atoms with E-state index in [0.717, 1.165) is 17.9 Å². The molecule has 0 bridgehead atoms. The molecule has 124 valence electrons. The van der Waals surface area contributed by atoms with Gasteiger partial charge in [0.05, 0.1) is 30.9 Å². The van der Waals surface area contributed by atoms with Gasteiger partial charge in [-0.15, -0.1) is 0 Å². The Kier molecular flexibility index (Phi) is 3.76. The van der Waals surface area contributed by atoms with Crippen molar-refractivity contribution in [2.45, 2.75) is 18.9 Å². The molecule has 0 radical (unpaired) electrons. The first-order valence-corrected chi connectivity index (χ1v) is 8.29. The lowest BCUT2D eigenvalue weighted by Crippen LogP contribution is -2.45. The van der Waals surface area contributed by atoms with Gasteiger partial charge in [0.25, 0.3) is 5.91 Å². The summed E-state index contributed by atoms with van der Waals surface area (Å²) >= 11 is 6.18. The van der Waals surface area contributed by atoms with Gasteiger partial charge in [-0.2, -0.15) is 0 Å². The van der Waals surface area contributed by atoms with Crippen LogP contribution in [0.1, 0.15) is 23.3 Å². The van der Waals surface area contributed by atoms with Crippen molar-refractivity contribution < 1.29 is 9.53 Å². The van der Waals surface area contributed by atoms with Gasteiger partial charge in [-0.25, -0.2) is 4.98 Å². The van der Waals surface area contributed by atoms with Crippen LogP contribution in [-0.4, -0.2) is 42.1 Å². The fourth-order valence-electron chi connectivity index (χ4n) is 3.07. The molecule has 1 amide bonds. The first kappa shape index (κ1) is 15.2. The van der Waals surface area contributed by atoms with Crippen LogP contribution in [0.5, 0.6) is 5.88 Å². The minimum Gasteiger partial charge on any atom is -0.480 e. The summed E-state index contributed by atoms with van der Waals surface area (Å²) in [6.07, 6.45) is 5.34. The highest BCUT2D eigenvalue weighted by molar-refractivity contribution is 6.31. The molecule has 2 aliphatic rings. The second kappa shape index (κ2) is 5.94. The monoisotopic (exact) mass is 344 g/mol. The lowest BCUT2D eigenvalue weighted by Gasteiger charge is -2.38. The molecule has 1 aliphatic carbocycles. The Bertz CT molecular complexity index is 794. The highest BCUT2D eigenvalue weighted by Crippen LogP contribution is 2.41. The van der Waals surface area contributed by atoms with Crippen LogP contribution >= 0.6 is 11.6 Å². The molecule has 7 heteroatoms. The average Bonchev–Trinajstić information content (AvgIpc) is 3.45. The number of amides is 1. The second-order valence-corrected chi connectivity index (χ2v) is 6.40. The standard InChI is InChI=1S/C17H17ClN4O2/c1-24-16-10-19-9-13(20-16)17(23)22-7-6-21(12-3-4-12)15-8-11(18)2-5-14(15)22/h2,5,8-10,12H,3-4,6-7H2,1H3. The fraction of sp³-hybridized carbons (Fsp3) is 0.353. The summed E-state index contributed by atoms with van der Waals surface area (Å²) in [5, 5.41) is 0.676. The van der Waals surface area contributed by atoms with Gasteiger partial charge >= 0.3 is 0 Å². The SMILES string of the molecule is COc1cncc(C(=O)N2CCN(C3CC3)c3cc(Cl)ccc32)n1. The molecule has 24 heavy (non-hydrogen) atoms. The third kappa shape index (κ3) is 2.67. The number of anilines is 2. The zero-order valence-corrected chi connectivity index (χ0v) is 14.0. The van der Waals surface area contributed by atoms with Crippen molar-refractivity contribution in [3.05, 3.63) is 41.3 Å². The summed E-state index contributed by atoms with van der Waals surface area (Å²) in [7, 11) is 1.50. The van der Waals surface area contributed by atoms with Gasteiger partial charge in [-0.1, -0.05) is 11.6 Å². The van der Waals surface area contributed by atoms with Crippen molar-refractivity contribution in [2.24, 2.45) is 0 Å². The molecule has 0 N–H and O–H groups in total. The smallest absolute Gasteiger partial charge is 0.278 e. The maximum atomic E-state index is 12.9. The zero-order chi connectivity index (χ0) is 16.7. The van der Waals surface area contributed by atoms with Gasteiger partial charge in [0.15, 0.2) is 5.69 Å². The highest BCUT2D eigenvalue weighted by Gasteiger charge is 2.36. The number of halogens is 1. The van der Waals surface area contributed by atoms with Crippen molar-refractivity contribution in [1.29, 1.82) is 0 Å². The van der Waals surface area contributed by atoms with Crippen LogP contribution in [0.2, 0.25) is 5.02 Å². The molecule has 1 aromatic heterocycles. The van der Waals surface area contributed by atoms with Gasteiger partial charge in [-0.3, -0.25) is 9.78 Å². The summed E-state index contributed by atoms with van der Waals surface area (Å²) < 4.78 is 5.06. The van der Waals surface area contributed by atoms with E-state index in [2.05, 4.69) is 14.9 Å². The van der Waals surface area contributed by atoms with E-state index in [1.54, 1.807) is 4.90 Å². The molecule has 0 spiro atoms. The normalized spacial score (nSPS) is 16.8. The van der Waals surface area contributed by atoms with E-state index in [1.807, 2.05) is 18.2 Å². The number of hydrogen-bond donors (Lipinski definition) is 0. The molecular weight excluding hydrogens is 328 g/mol. The molecule has 0 atom stereocenters. The molecule has 6 nitrogen and oxygen atoms in total. The Balaban J connectivity index is 1.70. The van der Waals surface area contributed by atoms with Crippen molar-refractivity contribution in [2.75, 3.05) is 30.0 Å². The van der Waals surface area contributed by atoms with E-state index in [0.29, 0.717) is 23.5 Å². The van der Waals surface area contributed by atoms with Crippen molar-refractivity contribution >= 4 is 28.9 Å². The van der Waals surface area contributed by atoms with Gasteiger partial charge in [0.1, 0.15) is 0 Å². The molecule has 1 aromatic carbocycles. The van der Waals surface area contributed by atoms with Gasteiger partial charge in [0.2, 0.25) is 5.88 Å². The van der Waals surface area contributed by atoms with Crippen LogP contribution in [0.4, 0.5) is 11.4 Å². The molecule has 1 fully saturated rings. The van der Waals surface area contributed by atoms with Crippen LogP contribution in [0, 0.1) is 0 Å². The Morgan fingerprint density at radius 3 is 2.83 bits per heavy atom. The third-order valence-corrected chi connectivity index (χ3v) is 4.61. The Hall–Kier alpha value is -2.34. The number of carbonyl (C=O) groups is 1. The maximum Gasteiger partial charge on any atom is 0.278 e. The first-order valence-electron chi connectivity index (χ1n) is 7.91. The van der Waals surface area contributed by atoms with Gasteiger partial charge < -0.3 is 14.5 Å². The number of methoxy groups -OCH3 is 1. The third-order valence-electron chi connectivity index (χ3n) is 4.38. The topological polar surface area (TPSA) is 58.6 Å². The van der Waals surface area contributed by atoms with E-state index in [4.69, 9.17) is 16.3 Å². The zero-order valence-electron chi connectivity index (χ0n) is 13.3. The Labute approximate surface area is 145 Å². The largest absolute Gasteiger partial charge is 0.480 e. The van der Waals surface area contributed by atoms with Crippen LogP contribution in [-0.2, 0) is 0 Å². The molecule has 1 aliphatic heterocycles. The average molecular weight is 345 g/mol. The summed E-state index contributed by atoms with van der Waals surface area (Å²) in [6.45, 7) is 1.41. The van der Waals surface area contributed by atoms with E-state index in [9.17, 15) is 4.79 Å². The molecule has 2 heterocycles. The van der Waals surface area contributed by atoms with E-state index < -0.39 is 0 Å². The summed E-state index contributed by atoms with van der Waals surface area (Å²) in [5.41, 5.74) is 2.16. The number of rotatable bonds is 3. The fourth-order valence-corrected chi connectivity index (χ4v) is 3.23. The number of hydrogen-bond acceptors (Lipinski definition) is 5. The van der Waals surface area contributed by atoms with Gasteiger partial charge in [-0.05, 0) is 31.0 Å². The van der Waals surface area contributed by atoms with Gasteiger partial charge in [0, 0.05) is 24.2 Å². The van der Waals surface area contributed by atoms with E-state index in [1.165, 1.54) is 32.3 Å². The number of fused-ring (bicyclic) bond motifs is 1. The summed E-state index contributed by atoms with van der Waals surface area (Å²) in [4.78, 5) is 25.3. The first-order chi connectivity index (χ1) is 11.7. The molecule has 1 saturated carbocycles. The van der Waals surface area contributed by atoms with Crippen molar-refractivity contribution in [1.82, 2.24) is 9.97 Å². The number of benzene rings is 1. The maximum absolute atomic E-state index is 12.9. The minimum absolute atomic E-state index is 0.180. The second-order valence-electron chi connectivity index (χ2n) is 5.96. The summed E-state index contributed by atoms with van der Waals surface area (Å²) in [5.74, 6) is 0.147. The number of carbonyl (C=O) groups excluding carboxylic acids is 1. The quantitative estimate of drug-likeness (QED) is 0.857. The van der Waals surface area contributed by atoms with Crippen molar-refractivity contribution in [3.63, 3.8) is 0 Å². The Morgan fingerprint density at radius 2 is 2.08 bits per heavy atom. The molecular formula is C17H17ClN4O2. The molecule has 4 rings (SSSR count). The van der Waals surface area contributed by atoms with Crippen LogP contribution < -0.4 is 14.5 Å². The summed E-state index contributed by atoms with van der Waals surface area (Å²) in [6, 6.07) is 6.22. The van der Waals surface area contributed by atoms with E-state index in [-0.39, 0.29) is 11.6 Å². The number of nitrogens with zero attached hydrogens (tertiary/aromatic N) is 4. The minimum atomic E-state index is -0.180. The molecule has 2 aromatic rings. The van der Waals surface area contributed by atoms with Crippen molar-refractivity contribution in [3.8, 4) is 5.88 Å². The predicted molar refractivity (Wildman–Crippen MR) is 92.1 cm³/mol. The molecule has 0 unspecified atom stereocenters. The van der Waals surface area contributed by atoms with Crippen LogP contribution in [0.15, 0.2) is 30.6 Å². The van der Waals surface area contributed by atoms with Crippen LogP contribution in [0.3, 0.4) is 0 Å². The lowest BCUT2D eigenvalue weighted by molar-refractivity contribution is 0.0980. The highest BCUT2D eigenvalue weighted by atomic mass is 35.5. The number of ether oxygens (including phenoxy) is 1. The predicted octanol–water partition coefficient (Wildman–Crippen LogP) is 2.77. The van der Waals surface area contributed by atoms with Crippen LogP contribution in [0.25, 0.3) is 0 Å². The Morgan fingerprint density at radius 1 is 1.25 bits per heavy atom.